The van der Waals surface area contributed by atoms with E-state index in [9.17, 15) is 4.79 Å². The van der Waals surface area contributed by atoms with Crippen molar-refractivity contribution >= 4 is 11.1 Å². The van der Waals surface area contributed by atoms with Crippen LogP contribution in [0.25, 0.3) is 11.1 Å². The van der Waals surface area contributed by atoms with Gasteiger partial charge in [-0.2, -0.15) is 0 Å². The number of hydrogen-bond donors (Lipinski definition) is 1. The highest BCUT2D eigenvalue weighted by Gasteiger charge is 2.31. The third-order valence-electron chi connectivity index (χ3n) is 3.58. The smallest absolute Gasteiger partial charge is 0.408 e. The van der Waals surface area contributed by atoms with Crippen molar-refractivity contribution in [2.24, 2.45) is 13.0 Å². The van der Waals surface area contributed by atoms with Crippen LogP contribution in [0.2, 0.25) is 0 Å². The van der Waals surface area contributed by atoms with Crippen LogP contribution in [-0.2, 0) is 7.05 Å². The monoisotopic (exact) mass is 232 g/mol. The number of nitrogens with one attached hydrogen (secondary N) is 1. The Bertz CT molecular complexity index is 607. The van der Waals surface area contributed by atoms with Crippen LogP contribution in [0.1, 0.15) is 24.4 Å². The summed E-state index contributed by atoms with van der Waals surface area (Å²) >= 11 is 0. The molecular weight excluding hydrogens is 216 g/mol. The van der Waals surface area contributed by atoms with E-state index >= 15 is 0 Å². The Morgan fingerprint density at radius 1 is 1.47 bits per heavy atom. The summed E-state index contributed by atoms with van der Waals surface area (Å²) in [6.45, 7) is 0. The van der Waals surface area contributed by atoms with E-state index in [1.165, 1.54) is 23.0 Å². The zero-order valence-corrected chi connectivity index (χ0v) is 10.1. The lowest BCUT2D eigenvalue weighted by atomic mass is 10.0. The van der Waals surface area contributed by atoms with Gasteiger partial charge in [-0.3, -0.25) is 4.57 Å². The van der Waals surface area contributed by atoms with Crippen molar-refractivity contribution in [1.29, 1.82) is 0 Å². The number of nitrogens with zero attached hydrogens (tertiary/aromatic N) is 1. The normalized spacial score (nSPS) is 17.5. The third kappa shape index (κ3) is 1.69. The second-order valence-corrected chi connectivity index (χ2v) is 4.76. The molecule has 3 rings (SSSR count). The zero-order valence-electron chi connectivity index (χ0n) is 10.1. The molecule has 1 heterocycles. The molecule has 4 nitrogen and oxygen atoms in total. The highest BCUT2D eigenvalue weighted by Crippen LogP contribution is 2.41. The number of fused-ring (bicyclic) bond motifs is 1. The van der Waals surface area contributed by atoms with Gasteiger partial charge in [-0.1, -0.05) is 6.07 Å². The highest BCUT2D eigenvalue weighted by molar-refractivity contribution is 5.73. The first-order chi connectivity index (χ1) is 8.20. The summed E-state index contributed by atoms with van der Waals surface area (Å²) in [5.74, 6) is 0.428. The standard InChI is InChI=1S/C13H16N2O2/c1-14-12(8-3-4-8)9-5-6-10-11(7-9)17-13(16)15(10)2/h5-8,12,14H,3-4H2,1-2H3. The molecule has 1 saturated carbocycles. The Balaban J connectivity index is 2.09. The highest BCUT2D eigenvalue weighted by atomic mass is 16.4. The van der Waals surface area contributed by atoms with Crippen molar-refractivity contribution in [2.75, 3.05) is 7.05 Å². The van der Waals surface area contributed by atoms with Gasteiger partial charge < -0.3 is 9.73 Å². The van der Waals surface area contributed by atoms with E-state index in [-0.39, 0.29) is 5.76 Å². The van der Waals surface area contributed by atoms with E-state index in [2.05, 4.69) is 11.4 Å². The van der Waals surface area contributed by atoms with Gasteiger partial charge in [-0.05, 0) is 43.5 Å². The topological polar surface area (TPSA) is 47.2 Å². The first-order valence-electron chi connectivity index (χ1n) is 5.97. The average Bonchev–Trinajstić information content (AvgIpc) is 3.10. The van der Waals surface area contributed by atoms with E-state index in [1.807, 2.05) is 19.2 Å². The average molecular weight is 232 g/mol. The first kappa shape index (κ1) is 10.6. The molecule has 1 atom stereocenters. The molecule has 90 valence electrons. The molecule has 1 fully saturated rings. The quantitative estimate of drug-likeness (QED) is 0.877. The summed E-state index contributed by atoms with van der Waals surface area (Å²) in [7, 11) is 3.71. The molecule has 4 heteroatoms. The van der Waals surface area contributed by atoms with Crippen molar-refractivity contribution < 1.29 is 4.42 Å². The molecule has 0 spiro atoms. The molecule has 0 aliphatic heterocycles. The lowest BCUT2D eigenvalue weighted by Gasteiger charge is -2.15. The molecule has 1 aromatic heterocycles. The van der Waals surface area contributed by atoms with Gasteiger partial charge in [0, 0.05) is 13.1 Å². The predicted molar refractivity (Wildman–Crippen MR) is 66.0 cm³/mol. The largest absolute Gasteiger partial charge is 0.419 e. The molecule has 1 aliphatic carbocycles. The van der Waals surface area contributed by atoms with Crippen LogP contribution in [0.15, 0.2) is 27.4 Å². The zero-order chi connectivity index (χ0) is 12.0. The molecule has 0 amide bonds. The SMILES string of the molecule is CNC(c1ccc2c(c1)oc(=O)n2C)C1CC1. The summed E-state index contributed by atoms with van der Waals surface area (Å²) in [5, 5.41) is 3.34. The number of hydrogen-bond acceptors (Lipinski definition) is 3. The van der Waals surface area contributed by atoms with Gasteiger partial charge in [0.15, 0.2) is 5.58 Å². The van der Waals surface area contributed by atoms with Crippen LogP contribution < -0.4 is 11.1 Å². The van der Waals surface area contributed by atoms with Gasteiger partial charge in [0.05, 0.1) is 5.52 Å². The molecule has 0 bridgehead atoms. The molecule has 1 N–H and O–H groups in total. The third-order valence-corrected chi connectivity index (χ3v) is 3.58. The minimum absolute atomic E-state index is 0.301. The van der Waals surface area contributed by atoms with Crippen molar-refractivity contribution in [2.45, 2.75) is 18.9 Å². The van der Waals surface area contributed by atoms with Crippen LogP contribution in [0, 0.1) is 5.92 Å². The molecule has 1 unspecified atom stereocenters. The fourth-order valence-electron chi connectivity index (χ4n) is 2.45. The van der Waals surface area contributed by atoms with Gasteiger partial charge in [0.2, 0.25) is 0 Å². The Kier molecular flexibility index (Phi) is 2.33. The van der Waals surface area contributed by atoms with Crippen LogP contribution in [0.4, 0.5) is 0 Å². The molecule has 0 saturated heterocycles. The molecule has 1 aromatic carbocycles. The van der Waals surface area contributed by atoms with E-state index in [1.54, 1.807) is 7.05 Å². The second kappa shape index (κ2) is 3.74. The summed E-state index contributed by atoms with van der Waals surface area (Å²) in [4.78, 5) is 11.4. The summed E-state index contributed by atoms with van der Waals surface area (Å²) in [6.07, 6.45) is 2.56. The minimum atomic E-state index is -0.301. The van der Waals surface area contributed by atoms with E-state index in [4.69, 9.17) is 4.42 Å². The number of aromatic nitrogens is 1. The molecular formula is C13H16N2O2. The summed E-state index contributed by atoms with van der Waals surface area (Å²) in [5.41, 5.74) is 2.73. The summed E-state index contributed by atoms with van der Waals surface area (Å²) < 4.78 is 6.75. The Labute approximate surface area is 99.2 Å². The first-order valence-corrected chi connectivity index (χ1v) is 5.97. The van der Waals surface area contributed by atoms with Gasteiger partial charge in [-0.25, -0.2) is 4.79 Å². The number of oxazole rings is 1. The maximum absolute atomic E-state index is 11.4. The Morgan fingerprint density at radius 2 is 2.24 bits per heavy atom. The van der Waals surface area contributed by atoms with E-state index in [0.717, 1.165) is 11.4 Å². The van der Waals surface area contributed by atoms with Gasteiger partial charge in [0.1, 0.15) is 0 Å². The van der Waals surface area contributed by atoms with Crippen LogP contribution in [0.3, 0.4) is 0 Å². The molecule has 17 heavy (non-hydrogen) atoms. The van der Waals surface area contributed by atoms with E-state index in [0.29, 0.717) is 11.6 Å². The number of aryl methyl sites for hydroxylation is 1. The Morgan fingerprint density at radius 3 is 2.88 bits per heavy atom. The van der Waals surface area contributed by atoms with Crippen LogP contribution in [-0.4, -0.2) is 11.6 Å². The van der Waals surface area contributed by atoms with Gasteiger partial charge >= 0.3 is 5.76 Å². The predicted octanol–water partition coefficient (Wildman–Crippen LogP) is 1.80. The summed E-state index contributed by atoms with van der Waals surface area (Å²) in [6, 6.07) is 6.40. The maximum Gasteiger partial charge on any atom is 0.419 e. The fraction of sp³-hybridized carbons (Fsp3) is 0.462. The maximum atomic E-state index is 11.4. The van der Waals surface area contributed by atoms with Gasteiger partial charge in [-0.15, -0.1) is 0 Å². The molecule has 2 aromatic rings. The van der Waals surface area contributed by atoms with Crippen molar-refractivity contribution in [3.8, 4) is 0 Å². The lowest BCUT2D eigenvalue weighted by molar-refractivity contribution is 0.518. The van der Waals surface area contributed by atoms with Crippen LogP contribution in [0.5, 0.6) is 0 Å². The van der Waals surface area contributed by atoms with Gasteiger partial charge in [0.25, 0.3) is 0 Å². The van der Waals surface area contributed by atoms with Crippen molar-refractivity contribution in [3.63, 3.8) is 0 Å². The Hall–Kier alpha value is -1.55. The second-order valence-electron chi connectivity index (χ2n) is 4.76. The fourth-order valence-corrected chi connectivity index (χ4v) is 2.45. The van der Waals surface area contributed by atoms with Crippen molar-refractivity contribution in [1.82, 2.24) is 9.88 Å². The van der Waals surface area contributed by atoms with Crippen molar-refractivity contribution in [3.05, 3.63) is 34.3 Å². The van der Waals surface area contributed by atoms with E-state index < -0.39 is 0 Å². The number of benzene rings is 1. The minimum Gasteiger partial charge on any atom is -0.408 e. The lowest BCUT2D eigenvalue weighted by Crippen LogP contribution is -2.18. The molecule has 0 radical (unpaired) electrons. The molecule has 1 aliphatic rings. The number of rotatable bonds is 3. The van der Waals surface area contributed by atoms with Crippen LogP contribution >= 0.6 is 0 Å².